The average molecular weight is 250 g/mol. The molecule has 1 saturated carbocycles. The summed E-state index contributed by atoms with van der Waals surface area (Å²) in [6.07, 6.45) is 2.43. The van der Waals surface area contributed by atoms with Crippen molar-refractivity contribution in [1.29, 1.82) is 0 Å². The topological polar surface area (TPSA) is 38.3 Å². The maximum atomic E-state index is 11.1. The normalized spacial score (nSPS) is 18.3. The maximum Gasteiger partial charge on any atom is 0.246 e. The van der Waals surface area contributed by atoms with Crippen LogP contribution in [0.1, 0.15) is 19.8 Å². The van der Waals surface area contributed by atoms with Crippen molar-refractivity contribution in [3.63, 3.8) is 0 Å². The van der Waals surface area contributed by atoms with Crippen LogP contribution in [0, 0.1) is 5.41 Å². The summed E-state index contributed by atoms with van der Waals surface area (Å²) in [6.45, 7) is 3.45. The van der Waals surface area contributed by atoms with E-state index in [2.05, 4.69) is 21.2 Å². The number of hydrogen-bond acceptors (Lipinski definition) is 2. The van der Waals surface area contributed by atoms with Crippen LogP contribution in [0.5, 0.6) is 0 Å². The predicted octanol–water partition coefficient (Wildman–Crippen LogP) is 1.31. The first-order valence-electron chi connectivity index (χ1n) is 4.63. The Kier molecular flexibility index (Phi) is 4.19. The SMILES string of the molecule is CCOCC(=O)NCC1(CBr)CC1. The van der Waals surface area contributed by atoms with E-state index in [1.807, 2.05) is 6.92 Å². The number of ether oxygens (including phenoxy) is 1. The Morgan fingerprint density at radius 3 is 2.77 bits per heavy atom. The first-order chi connectivity index (χ1) is 6.22. The first kappa shape index (κ1) is 11.0. The van der Waals surface area contributed by atoms with Crippen molar-refractivity contribution in [1.82, 2.24) is 5.32 Å². The molecule has 1 amide bonds. The van der Waals surface area contributed by atoms with Crippen LogP contribution in [-0.4, -0.2) is 31.0 Å². The lowest BCUT2D eigenvalue weighted by molar-refractivity contribution is -0.125. The summed E-state index contributed by atoms with van der Waals surface area (Å²) in [5, 5.41) is 3.86. The number of alkyl halides is 1. The molecule has 0 aromatic carbocycles. The number of hydrogen-bond donors (Lipinski definition) is 1. The van der Waals surface area contributed by atoms with Gasteiger partial charge in [-0.05, 0) is 25.2 Å². The molecule has 13 heavy (non-hydrogen) atoms. The van der Waals surface area contributed by atoms with E-state index in [1.165, 1.54) is 12.8 Å². The summed E-state index contributed by atoms with van der Waals surface area (Å²) in [5.41, 5.74) is 0.349. The van der Waals surface area contributed by atoms with Gasteiger partial charge in [0.1, 0.15) is 6.61 Å². The van der Waals surface area contributed by atoms with Crippen LogP contribution in [0.15, 0.2) is 0 Å². The fourth-order valence-electron chi connectivity index (χ4n) is 1.07. The van der Waals surface area contributed by atoms with Crippen molar-refractivity contribution in [2.24, 2.45) is 5.41 Å². The Labute approximate surface area is 87.3 Å². The largest absolute Gasteiger partial charge is 0.372 e. The predicted molar refractivity (Wildman–Crippen MR) is 55.0 cm³/mol. The van der Waals surface area contributed by atoms with Crippen molar-refractivity contribution in [3.8, 4) is 0 Å². The minimum Gasteiger partial charge on any atom is -0.372 e. The summed E-state index contributed by atoms with van der Waals surface area (Å²) in [4.78, 5) is 11.1. The molecule has 0 spiro atoms. The van der Waals surface area contributed by atoms with Crippen LogP contribution in [0.3, 0.4) is 0 Å². The molecule has 1 aliphatic carbocycles. The monoisotopic (exact) mass is 249 g/mol. The number of rotatable bonds is 6. The van der Waals surface area contributed by atoms with E-state index in [4.69, 9.17) is 4.74 Å². The number of halogens is 1. The number of nitrogens with one attached hydrogen (secondary N) is 1. The second-order valence-corrected chi connectivity index (χ2v) is 4.11. The Morgan fingerprint density at radius 2 is 2.31 bits per heavy atom. The van der Waals surface area contributed by atoms with E-state index >= 15 is 0 Å². The fraction of sp³-hybridized carbons (Fsp3) is 0.889. The number of carbonyl (C=O) groups is 1. The number of amides is 1. The molecule has 0 radical (unpaired) electrons. The standard InChI is InChI=1S/C9H16BrNO2/c1-2-13-5-8(12)11-7-9(6-10)3-4-9/h2-7H2,1H3,(H,11,12). The van der Waals surface area contributed by atoms with E-state index in [1.54, 1.807) is 0 Å². The Morgan fingerprint density at radius 1 is 1.62 bits per heavy atom. The molecule has 0 saturated heterocycles. The van der Waals surface area contributed by atoms with Crippen molar-refractivity contribution < 1.29 is 9.53 Å². The molecule has 0 bridgehead atoms. The van der Waals surface area contributed by atoms with Gasteiger partial charge in [0.2, 0.25) is 5.91 Å². The lowest BCUT2D eigenvalue weighted by Crippen LogP contribution is -2.33. The van der Waals surface area contributed by atoms with Crippen LogP contribution < -0.4 is 5.32 Å². The molecule has 1 fully saturated rings. The summed E-state index contributed by atoms with van der Waals surface area (Å²) >= 11 is 3.45. The molecule has 76 valence electrons. The fourth-order valence-corrected chi connectivity index (χ4v) is 1.83. The van der Waals surface area contributed by atoms with Gasteiger partial charge < -0.3 is 10.1 Å². The molecule has 4 heteroatoms. The van der Waals surface area contributed by atoms with E-state index in [0.29, 0.717) is 12.0 Å². The minimum absolute atomic E-state index is 0.00549. The van der Waals surface area contributed by atoms with Gasteiger partial charge in [0.05, 0.1) is 0 Å². The molecule has 0 aliphatic heterocycles. The van der Waals surface area contributed by atoms with Crippen molar-refractivity contribution in [2.45, 2.75) is 19.8 Å². The summed E-state index contributed by atoms with van der Waals surface area (Å²) in [5.74, 6) is -0.00549. The van der Waals surface area contributed by atoms with Crippen LogP contribution in [0.4, 0.5) is 0 Å². The zero-order valence-corrected chi connectivity index (χ0v) is 9.52. The van der Waals surface area contributed by atoms with Crippen molar-refractivity contribution >= 4 is 21.8 Å². The second-order valence-electron chi connectivity index (χ2n) is 3.55. The first-order valence-corrected chi connectivity index (χ1v) is 5.75. The van der Waals surface area contributed by atoms with Gasteiger partial charge in [0.15, 0.2) is 0 Å². The lowest BCUT2D eigenvalue weighted by atomic mass is 10.1. The molecular weight excluding hydrogens is 234 g/mol. The van der Waals surface area contributed by atoms with Crippen LogP contribution >= 0.6 is 15.9 Å². The van der Waals surface area contributed by atoms with Crippen LogP contribution in [0.2, 0.25) is 0 Å². The zero-order chi connectivity index (χ0) is 9.73. The average Bonchev–Trinajstić information content (AvgIpc) is 2.92. The molecule has 0 unspecified atom stereocenters. The molecule has 0 aromatic rings. The Balaban J connectivity index is 2.08. The van der Waals surface area contributed by atoms with Crippen molar-refractivity contribution in [3.05, 3.63) is 0 Å². The highest BCUT2D eigenvalue weighted by Crippen LogP contribution is 2.46. The third kappa shape index (κ3) is 3.65. The van der Waals surface area contributed by atoms with Gasteiger partial charge >= 0.3 is 0 Å². The quantitative estimate of drug-likeness (QED) is 0.722. The van der Waals surface area contributed by atoms with Gasteiger partial charge in [-0.3, -0.25) is 4.79 Å². The smallest absolute Gasteiger partial charge is 0.246 e. The van der Waals surface area contributed by atoms with Crippen LogP contribution in [-0.2, 0) is 9.53 Å². The van der Waals surface area contributed by atoms with E-state index in [-0.39, 0.29) is 12.5 Å². The van der Waals surface area contributed by atoms with Crippen molar-refractivity contribution in [2.75, 3.05) is 25.1 Å². The van der Waals surface area contributed by atoms with E-state index in [0.717, 1.165) is 11.9 Å². The molecule has 0 atom stereocenters. The van der Waals surface area contributed by atoms with Gasteiger partial charge in [0, 0.05) is 18.5 Å². The van der Waals surface area contributed by atoms with E-state index < -0.39 is 0 Å². The van der Waals surface area contributed by atoms with Gasteiger partial charge in [-0.15, -0.1) is 0 Å². The third-order valence-corrected chi connectivity index (χ3v) is 3.53. The van der Waals surface area contributed by atoms with Crippen LogP contribution in [0.25, 0.3) is 0 Å². The molecule has 0 heterocycles. The summed E-state index contributed by atoms with van der Waals surface area (Å²) in [6, 6.07) is 0. The summed E-state index contributed by atoms with van der Waals surface area (Å²) in [7, 11) is 0. The van der Waals surface area contributed by atoms with Gasteiger partial charge in [0.25, 0.3) is 0 Å². The second kappa shape index (κ2) is 4.96. The third-order valence-electron chi connectivity index (χ3n) is 2.34. The van der Waals surface area contributed by atoms with Gasteiger partial charge in [-0.1, -0.05) is 15.9 Å². The molecular formula is C9H16BrNO2. The molecule has 3 nitrogen and oxygen atoms in total. The Bertz CT molecular complexity index is 180. The van der Waals surface area contributed by atoms with Gasteiger partial charge in [-0.25, -0.2) is 0 Å². The highest BCUT2D eigenvalue weighted by Gasteiger charge is 2.41. The highest BCUT2D eigenvalue weighted by molar-refractivity contribution is 9.09. The van der Waals surface area contributed by atoms with E-state index in [9.17, 15) is 4.79 Å². The minimum atomic E-state index is -0.00549. The molecule has 1 rings (SSSR count). The summed E-state index contributed by atoms with van der Waals surface area (Å²) < 4.78 is 4.99. The lowest BCUT2D eigenvalue weighted by Gasteiger charge is -2.12. The molecule has 0 aromatic heterocycles. The van der Waals surface area contributed by atoms with Gasteiger partial charge in [-0.2, -0.15) is 0 Å². The zero-order valence-electron chi connectivity index (χ0n) is 7.94. The Hall–Kier alpha value is -0.0900. The number of carbonyl (C=O) groups excluding carboxylic acids is 1. The molecule has 1 N–H and O–H groups in total. The maximum absolute atomic E-state index is 11.1. The molecule has 1 aliphatic rings. The highest BCUT2D eigenvalue weighted by atomic mass is 79.9.